The third kappa shape index (κ3) is 3.54. The van der Waals surface area contributed by atoms with Gasteiger partial charge in [0.15, 0.2) is 5.13 Å². The lowest BCUT2D eigenvalue weighted by Gasteiger charge is -2.08. The van der Waals surface area contributed by atoms with E-state index in [-0.39, 0.29) is 0 Å². The Labute approximate surface area is 141 Å². The number of aryl methyl sites for hydroxylation is 2. The summed E-state index contributed by atoms with van der Waals surface area (Å²) in [5, 5.41) is 6.41. The predicted octanol–water partition coefficient (Wildman–Crippen LogP) is 5.05. The topological polar surface area (TPSA) is 34.1 Å². The summed E-state index contributed by atoms with van der Waals surface area (Å²) in [6.07, 6.45) is 0. The first-order valence-corrected chi connectivity index (χ1v) is 8.44. The number of benzene rings is 2. The van der Waals surface area contributed by atoms with Crippen molar-refractivity contribution in [1.82, 2.24) is 4.98 Å². The van der Waals surface area contributed by atoms with Crippen LogP contribution in [0.25, 0.3) is 11.3 Å². The minimum absolute atomic E-state index is 0.698. The van der Waals surface area contributed by atoms with Gasteiger partial charge < -0.3 is 10.1 Å². The second kappa shape index (κ2) is 6.84. The van der Waals surface area contributed by atoms with Gasteiger partial charge in [0.05, 0.1) is 12.8 Å². The predicted molar refractivity (Wildman–Crippen MR) is 97.3 cm³/mol. The number of nitrogens with one attached hydrogen (secondary N) is 1. The van der Waals surface area contributed by atoms with Gasteiger partial charge in [0.25, 0.3) is 0 Å². The fourth-order valence-corrected chi connectivity index (χ4v) is 3.22. The number of hydrogen-bond donors (Lipinski definition) is 1. The van der Waals surface area contributed by atoms with Crippen molar-refractivity contribution in [2.24, 2.45) is 0 Å². The molecule has 3 aromatic rings. The molecule has 0 aliphatic heterocycles. The van der Waals surface area contributed by atoms with Crippen LogP contribution >= 0.6 is 11.3 Å². The molecule has 0 unspecified atom stereocenters. The smallest absolute Gasteiger partial charge is 0.183 e. The van der Waals surface area contributed by atoms with Crippen molar-refractivity contribution < 1.29 is 4.74 Å². The first-order chi connectivity index (χ1) is 11.2. The van der Waals surface area contributed by atoms with Crippen molar-refractivity contribution in [2.75, 3.05) is 12.4 Å². The summed E-state index contributed by atoms with van der Waals surface area (Å²) in [5.74, 6) is 0.895. The van der Waals surface area contributed by atoms with Gasteiger partial charge >= 0.3 is 0 Å². The second-order valence-corrected chi connectivity index (χ2v) is 6.38. The summed E-state index contributed by atoms with van der Waals surface area (Å²) < 4.78 is 5.38. The molecule has 4 heteroatoms. The van der Waals surface area contributed by atoms with Crippen LogP contribution in [0.5, 0.6) is 5.75 Å². The van der Waals surface area contributed by atoms with Gasteiger partial charge in [0, 0.05) is 23.1 Å². The minimum atomic E-state index is 0.698. The number of nitrogens with zero attached hydrogens (tertiary/aromatic N) is 1. The molecule has 23 heavy (non-hydrogen) atoms. The molecule has 1 N–H and O–H groups in total. The molecule has 1 heterocycles. The van der Waals surface area contributed by atoms with Crippen molar-refractivity contribution in [3.63, 3.8) is 0 Å². The summed E-state index contributed by atoms with van der Waals surface area (Å²) in [7, 11) is 1.70. The van der Waals surface area contributed by atoms with Crippen LogP contribution in [0, 0.1) is 13.8 Å². The highest BCUT2D eigenvalue weighted by Crippen LogP contribution is 2.29. The lowest BCUT2D eigenvalue weighted by atomic mass is 10.0. The highest BCUT2D eigenvalue weighted by molar-refractivity contribution is 7.14. The van der Waals surface area contributed by atoms with Gasteiger partial charge in [-0.2, -0.15) is 0 Å². The molecule has 0 fully saturated rings. The van der Waals surface area contributed by atoms with Gasteiger partial charge in [-0.1, -0.05) is 35.9 Å². The van der Waals surface area contributed by atoms with Crippen LogP contribution in [-0.2, 0) is 6.54 Å². The lowest BCUT2D eigenvalue weighted by Crippen LogP contribution is -2.01. The van der Waals surface area contributed by atoms with Gasteiger partial charge in [0.1, 0.15) is 5.75 Å². The first kappa shape index (κ1) is 15.6. The van der Waals surface area contributed by atoms with Crippen molar-refractivity contribution >= 4 is 16.5 Å². The van der Waals surface area contributed by atoms with Crippen LogP contribution in [-0.4, -0.2) is 12.1 Å². The highest BCUT2D eigenvalue weighted by Gasteiger charge is 2.08. The Hall–Kier alpha value is -2.33. The summed E-state index contributed by atoms with van der Waals surface area (Å²) in [5.41, 5.74) is 5.85. The second-order valence-electron chi connectivity index (χ2n) is 5.52. The summed E-state index contributed by atoms with van der Waals surface area (Å²) in [6, 6.07) is 14.5. The summed E-state index contributed by atoms with van der Waals surface area (Å²) in [6.45, 7) is 4.93. The van der Waals surface area contributed by atoms with Gasteiger partial charge in [-0.25, -0.2) is 4.98 Å². The number of para-hydroxylation sites is 1. The van der Waals surface area contributed by atoms with Crippen LogP contribution < -0.4 is 10.1 Å². The Morgan fingerprint density at radius 1 is 1.13 bits per heavy atom. The van der Waals surface area contributed by atoms with Crippen LogP contribution in [0.3, 0.4) is 0 Å². The fraction of sp³-hybridized carbons (Fsp3) is 0.211. The molecule has 0 atom stereocenters. The molecule has 0 saturated heterocycles. The van der Waals surface area contributed by atoms with E-state index in [9.17, 15) is 0 Å². The average molecular weight is 324 g/mol. The van der Waals surface area contributed by atoms with Crippen molar-refractivity contribution in [3.8, 4) is 17.0 Å². The van der Waals surface area contributed by atoms with E-state index in [1.807, 2.05) is 18.2 Å². The Balaban J connectivity index is 1.76. The molecular weight excluding hydrogens is 304 g/mol. The molecule has 0 aliphatic rings. The fourth-order valence-electron chi connectivity index (χ4n) is 2.51. The molecule has 0 spiro atoms. The molecule has 0 bridgehead atoms. The number of hydrogen-bond acceptors (Lipinski definition) is 4. The van der Waals surface area contributed by atoms with Gasteiger partial charge in [-0.15, -0.1) is 11.3 Å². The maximum atomic E-state index is 5.38. The zero-order chi connectivity index (χ0) is 16.2. The molecule has 0 saturated carbocycles. The monoisotopic (exact) mass is 324 g/mol. The number of methoxy groups -OCH3 is 1. The quantitative estimate of drug-likeness (QED) is 0.713. The number of ether oxygens (including phenoxy) is 1. The first-order valence-electron chi connectivity index (χ1n) is 7.56. The highest BCUT2D eigenvalue weighted by atomic mass is 32.1. The van der Waals surface area contributed by atoms with E-state index in [0.29, 0.717) is 6.54 Å². The zero-order valence-electron chi connectivity index (χ0n) is 13.6. The normalized spacial score (nSPS) is 10.6. The van der Waals surface area contributed by atoms with E-state index in [2.05, 4.69) is 48.8 Å². The van der Waals surface area contributed by atoms with Crippen molar-refractivity contribution in [2.45, 2.75) is 20.4 Å². The molecule has 0 radical (unpaired) electrons. The molecule has 3 nitrogen and oxygen atoms in total. The van der Waals surface area contributed by atoms with Gasteiger partial charge in [0.2, 0.25) is 0 Å². The molecule has 3 rings (SSSR count). The number of rotatable bonds is 5. The number of thiazole rings is 1. The third-order valence-corrected chi connectivity index (χ3v) is 4.60. The van der Waals surface area contributed by atoms with Crippen LogP contribution in [0.15, 0.2) is 47.8 Å². The molecular formula is C19H20N2OS. The standard InChI is InChI=1S/C19H20N2OS/c1-13-8-9-14(2)16(10-13)17-12-23-19(21-17)20-11-15-6-4-5-7-18(15)22-3/h4-10,12H,11H2,1-3H3,(H,20,21). The van der Waals surface area contributed by atoms with Crippen LogP contribution in [0.1, 0.15) is 16.7 Å². The summed E-state index contributed by atoms with van der Waals surface area (Å²) >= 11 is 1.63. The maximum Gasteiger partial charge on any atom is 0.183 e. The van der Waals surface area contributed by atoms with E-state index in [1.165, 1.54) is 16.7 Å². The zero-order valence-corrected chi connectivity index (χ0v) is 14.4. The van der Waals surface area contributed by atoms with E-state index in [1.54, 1.807) is 18.4 Å². The number of anilines is 1. The Kier molecular flexibility index (Phi) is 4.63. The Bertz CT molecular complexity index is 811. The van der Waals surface area contributed by atoms with E-state index >= 15 is 0 Å². The lowest BCUT2D eigenvalue weighted by molar-refractivity contribution is 0.410. The van der Waals surface area contributed by atoms with Crippen molar-refractivity contribution in [1.29, 1.82) is 0 Å². The Morgan fingerprint density at radius 3 is 2.78 bits per heavy atom. The molecule has 2 aromatic carbocycles. The average Bonchev–Trinajstić information content (AvgIpc) is 3.04. The van der Waals surface area contributed by atoms with E-state index < -0.39 is 0 Å². The van der Waals surface area contributed by atoms with Gasteiger partial charge in [-0.3, -0.25) is 0 Å². The SMILES string of the molecule is COc1ccccc1CNc1nc(-c2cc(C)ccc2C)cs1. The molecule has 0 amide bonds. The Morgan fingerprint density at radius 2 is 1.96 bits per heavy atom. The third-order valence-electron chi connectivity index (χ3n) is 3.80. The van der Waals surface area contributed by atoms with E-state index in [4.69, 9.17) is 9.72 Å². The van der Waals surface area contributed by atoms with Crippen LogP contribution in [0.4, 0.5) is 5.13 Å². The molecule has 0 aliphatic carbocycles. The molecule has 1 aromatic heterocycles. The molecule has 118 valence electrons. The van der Waals surface area contributed by atoms with Crippen LogP contribution in [0.2, 0.25) is 0 Å². The van der Waals surface area contributed by atoms with Crippen molar-refractivity contribution in [3.05, 3.63) is 64.5 Å². The largest absolute Gasteiger partial charge is 0.496 e. The minimum Gasteiger partial charge on any atom is -0.496 e. The number of aromatic nitrogens is 1. The van der Waals surface area contributed by atoms with E-state index in [0.717, 1.165) is 22.1 Å². The summed E-state index contributed by atoms with van der Waals surface area (Å²) in [4.78, 5) is 4.72. The van der Waals surface area contributed by atoms with Gasteiger partial charge in [-0.05, 0) is 31.5 Å². The maximum absolute atomic E-state index is 5.38.